The number of methoxy groups -OCH3 is 1. The third kappa shape index (κ3) is 3.56. The van der Waals surface area contributed by atoms with E-state index in [1.807, 2.05) is 30.3 Å². The van der Waals surface area contributed by atoms with Gasteiger partial charge < -0.3 is 10.1 Å². The van der Waals surface area contributed by atoms with Crippen molar-refractivity contribution in [2.24, 2.45) is 0 Å². The van der Waals surface area contributed by atoms with Gasteiger partial charge in [0.2, 0.25) is 0 Å². The Balaban J connectivity index is 1.85. The topological polar surface area (TPSA) is 56.1 Å². The first-order chi connectivity index (χ1) is 13.5. The molecule has 2 aromatic carbocycles. The summed E-state index contributed by atoms with van der Waals surface area (Å²) in [6, 6.07) is 14.2. The number of nitrogens with one attached hydrogen (secondary N) is 1. The lowest BCUT2D eigenvalue weighted by Gasteiger charge is -2.04. The highest BCUT2D eigenvalue weighted by Gasteiger charge is 2.23. The molecule has 5 nitrogen and oxygen atoms in total. The number of rotatable bonds is 4. The smallest absolute Gasteiger partial charge is 0.263 e. The van der Waals surface area contributed by atoms with E-state index in [0.29, 0.717) is 26.0 Å². The lowest BCUT2D eigenvalue weighted by molar-refractivity contribution is -0.115. The van der Waals surface area contributed by atoms with Crippen LogP contribution in [0, 0.1) is 5.82 Å². The van der Waals surface area contributed by atoms with Crippen LogP contribution >= 0.6 is 24.0 Å². The van der Waals surface area contributed by atoms with Crippen LogP contribution in [0.25, 0.3) is 23.0 Å². The van der Waals surface area contributed by atoms with Crippen molar-refractivity contribution in [1.29, 1.82) is 0 Å². The van der Waals surface area contributed by atoms with E-state index >= 15 is 0 Å². The second kappa shape index (κ2) is 7.57. The van der Waals surface area contributed by atoms with Crippen LogP contribution < -0.4 is 10.1 Å². The van der Waals surface area contributed by atoms with E-state index in [4.69, 9.17) is 17.0 Å². The van der Waals surface area contributed by atoms with E-state index in [9.17, 15) is 9.18 Å². The molecule has 0 saturated carbocycles. The molecule has 28 heavy (non-hydrogen) atoms. The van der Waals surface area contributed by atoms with Gasteiger partial charge in [0, 0.05) is 17.3 Å². The molecule has 140 valence electrons. The summed E-state index contributed by atoms with van der Waals surface area (Å²) in [6.45, 7) is 0. The van der Waals surface area contributed by atoms with Crippen molar-refractivity contribution >= 4 is 40.3 Å². The number of carbonyl (C=O) groups is 1. The summed E-state index contributed by atoms with van der Waals surface area (Å²) in [6.07, 6.45) is 3.51. The molecule has 1 fully saturated rings. The van der Waals surface area contributed by atoms with Crippen LogP contribution in [-0.2, 0) is 4.79 Å². The normalized spacial score (nSPS) is 15.1. The Bertz CT molecular complexity index is 1110. The van der Waals surface area contributed by atoms with Crippen molar-refractivity contribution in [3.05, 3.63) is 71.0 Å². The van der Waals surface area contributed by atoms with Gasteiger partial charge in [-0.25, -0.2) is 9.07 Å². The fourth-order valence-corrected chi connectivity index (χ4v) is 3.84. The minimum atomic E-state index is -0.484. The predicted octanol–water partition coefficient (Wildman–Crippen LogP) is 4.18. The molecule has 1 N–H and O–H groups in total. The number of thioether (sulfide) groups is 1. The Morgan fingerprint density at radius 2 is 2.04 bits per heavy atom. The molecule has 1 aliphatic heterocycles. The maximum Gasteiger partial charge on any atom is 0.263 e. The highest BCUT2D eigenvalue weighted by Crippen LogP contribution is 2.32. The summed E-state index contributed by atoms with van der Waals surface area (Å²) >= 11 is 6.24. The average Bonchev–Trinajstić information content (AvgIpc) is 3.25. The first-order valence-corrected chi connectivity index (χ1v) is 9.51. The first kappa shape index (κ1) is 18.4. The fraction of sp³-hybridized carbons (Fsp3) is 0.0500. The van der Waals surface area contributed by atoms with Gasteiger partial charge in [-0.1, -0.05) is 42.2 Å². The van der Waals surface area contributed by atoms with E-state index in [1.165, 1.54) is 24.9 Å². The summed E-state index contributed by atoms with van der Waals surface area (Å²) in [5.74, 6) is -0.585. The zero-order valence-electron chi connectivity index (χ0n) is 14.7. The van der Waals surface area contributed by atoms with Gasteiger partial charge in [-0.15, -0.1) is 0 Å². The van der Waals surface area contributed by atoms with Crippen LogP contribution in [-0.4, -0.2) is 27.1 Å². The van der Waals surface area contributed by atoms with Gasteiger partial charge in [-0.3, -0.25) is 4.79 Å². The van der Waals surface area contributed by atoms with Crippen LogP contribution in [0.5, 0.6) is 5.75 Å². The van der Waals surface area contributed by atoms with Gasteiger partial charge in [0.25, 0.3) is 5.91 Å². The Kier molecular flexibility index (Phi) is 4.97. The monoisotopic (exact) mass is 411 g/mol. The zero-order valence-corrected chi connectivity index (χ0v) is 16.3. The number of para-hydroxylation sites is 1. The van der Waals surface area contributed by atoms with Gasteiger partial charge in [0.1, 0.15) is 10.0 Å². The minimum absolute atomic E-state index is 0.155. The molecule has 0 aliphatic carbocycles. The molecule has 3 aromatic rings. The SMILES string of the molecule is COc1ccc(-c2nn(-c3ccccc3)cc2C=C2SC(=S)NC2=O)cc1F. The largest absolute Gasteiger partial charge is 0.494 e. The second-order valence-electron chi connectivity index (χ2n) is 5.91. The summed E-state index contributed by atoms with van der Waals surface area (Å²) in [5, 5.41) is 7.22. The average molecular weight is 411 g/mol. The van der Waals surface area contributed by atoms with Crippen molar-refractivity contribution in [3.8, 4) is 22.7 Å². The molecule has 1 aliphatic rings. The molecular weight excluding hydrogens is 397 g/mol. The maximum absolute atomic E-state index is 14.3. The van der Waals surface area contributed by atoms with Gasteiger partial charge in [-0.05, 0) is 36.4 Å². The lowest BCUT2D eigenvalue weighted by Crippen LogP contribution is -2.17. The van der Waals surface area contributed by atoms with Crippen LogP contribution in [0.15, 0.2) is 59.6 Å². The third-order valence-electron chi connectivity index (χ3n) is 4.12. The molecule has 0 radical (unpaired) electrons. The van der Waals surface area contributed by atoms with Crippen LogP contribution in [0.3, 0.4) is 0 Å². The number of hydrogen-bond acceptors (Lipinski definition) is 5. The molecule has 1 aromatic heterocycles. The molecular formula is C20H14FN3O2S2. The second-order valence-corrected chi connectivity index (χ2v) is 7.63. The molecule has 0 bridgehead atoms. The van der Waals surface area contributed by atoms with E-state index in [2.05, 4.69) is 10.4 Å². The molecule has 0 atom stereocenters. The predicted molar refractivity (Wildman–Crippen MR) is 112 cm³/mol. The maximum atomic E-state index is 14.3. The summed E-state index contributed by atoms with van der Waals surface area (Å²) in [5.41, 5.74) is 2.65. The summed E-state index contributed by atoms with van der Waals surface area (Å²) < 4.78 is 21.3. The number of hydrogen-bond donors (Lipinski definition) is 1. The summed E-state index contributed by atoms with van der Waals surface area (Å²) in [4.78, 5) is 12.5. The molecule has 1 amide bonds. The highest BCUT2D eigenvalue weighted by atomic mass is 32.2. The Morgan fingerprint density at radius 3 is 2.68 bits per heavy atom. The number of thiocarbonyl (C=S) groups is 1. The van der Waals surface area contributed by atoms with E-state index < -0.39 is 5.82 Å². The Labute approximate surface area is 170 Å². The van der Waals surface area contributed by atoms with Gasteiger partial charge in [0.05, 0.1) is 17.7 Å². The summed E-state index contributed by atoms with van der Waals surface area (Å²) in [7, 11) is 1.41. The van der Waals surface area contributed by atoms with Gasteiger partial charge >= 0.3 is 0 Å². The number of aromatic nitrogens is 2. The van der Waals surface area contributed by atoms with Crippen LogP contribution in [0.2, 0.25) is 0 Å². The van der Waals surface area contributed by atoms with Crippen molar-refractivity contribution in [2.75, 3.05) is 7.11 Å². The molecule has 1 saturated heterocycles. The number of ether oxygens (including phenoxy) is 1. The molecule has 0 spiro atoms. The van der Waals surface area contributed by atoms with Crippen molar-refractivity contribution in [3.63, 3.8) is 0 Å². The third-order valence-corrected chi connectivity index (χ3v) is 5.28. The van der Waals surface area contributed by atoms with Crippen LogP contribution in [0.1, 0.15) is 5.56 Å². The van der Waals surface area contributed by atoms with Crippen LogP contribution in [0.4, 0.5) is 4.39 Å². The lowest BCUT2D eigenvalue weighted by atomic mass is 10.1. The van der Waals surface area contributed by atoms with Crippen molar-refractivity contribution in [2.45, 2.75) is 0 Å². The standard InChI is InChI=1S/C20H14FN3O2S2/c1-26-16-8-7-12(9-15(16)21)18-13(10-17-19(25)22-20(27)28-17)11-24(23-18)14-5-3-2-4-6-14/h2-11H,1H3,(H,22,25,27). The van der Waals surface area contributed by atoms with Gasteiger partial charge in [-0.2, -0.15) is 5.10 Å². The molecule has 8 heteroatoms. The minimum Gasteiger partial charge on any atom is -0.494 e. The van der Waals surface area contributed by atoms with Crippen molar-refractivity contribution in [1.82, 2.24) is 15.1 Å². The van der Waals surface area contributed by atoms with E-state index in [-0.39, 0.29) is 11.7 Å². The highest BCUT2D eigenvalue weighted by molar-refractivity contribution is 8.26. The molecule has 0 unspecified atom stereocenters. The van der Waals surface area contributed by atoms with E-state index in [1.54, 1.807) is 29.1 Å². The number of carbonyl (C=O) groups excluding carboxylic acids is 1. The number of halogens is 1. The zero-order chi connectivity index (χ0) is 19.7. The Morgan fingerprint density at radius 1 is 1.25 bits per heavy atom. The van der Waals surface area contributed by atoms with E-state index in [0.717, 1.165) is 5.69 Å². The number of benzene rings is 2. The van der Waals surface area contributed by atoms with Crippen molar-refractivity contribution < 1.29 is 13.9 Å². The first-order valence-electron chi connectivity index (χ1n) is 8.29. The fourth-order valence-electron chi connectivity index (χ4n) is 2.81. The quantitative estimate of drug-likeness (QED) is 0.516. The number of amides is 1. The number of nitrogens with zero attached hydrogens (tertiary/aromatic N) is 2. The Hall–Kier alpha value is -2.97. The van der Waals surface area contributed by atoms with Gasteiger partial charge in [0.15, 0.2) is 11.6 Å². The molecule has 4 rings (SSSR count). The molecule has 2 heterocycles.